The molecule has 0 aromatic carbocycles. The first-order valence-electron chi connectivity index (χ1n) is 8.40. The molecule has 0 nitrogen and oxygen atoms in total. The fourth-order valence-corrected chi connectivity index (χ4v) is 5.39. The monoisotopic (exact) mass is 250 g/mol. The fraction of sp³-hybridized carbons (Fsp3) is 1.00. The Hall–Kier alpha value is 0. The Kier molecular flexibility index (Phi) is 4.14. The van der Waals surface area contributed by atoms with E-state index in [9.17, 15) is 0 Å². The molecule has 2 fully saturated rings. The van der Waals surface area contributed by atoms with E-state index in [-0.39, 0.29) is 0 Å². The van der Waals surface area contributed by atoms with Crippen molar-refractivity contribution in [3.05, 3.63) is 0 Å². The summed E-state index contributed by atoms with van der Waals surface area (Å²) in [6.07, 6.45) is 2.88. The number of rotatable bonds is 5. The average molecular weight is 250 g/mol. The summed E-state index contributed by atoms with van der Waals surface area (Å²) in [5.41, 5.74) is 0. The molecule has 106 valence electrons. The third kappa shape index (κ3) is 2.25. The zero-order valence-electron chi connectivity index (χ0n) is 13.6. The summed E-state index contributed by atoms with van der Waals surface area (Å²) < 4.78 is 0. The van der Waals surface area contributed by atoms with Gasteiger partial charge >= 0.3 is 0 Å². The maximum atomic E-state index is 2.55. The second kappa shape index (κ2) is 5.17. The molecule has 2 saturated carbocycles. The van der Waals surface area contributed by atoms with Crippen LogP contribution >= 0.6 is 0 Å². The van der Waals surface area contributed by atoms with Gasteiger partial charge in [-0.15, -0.1) is 0 Å². The molecule has 0 N–H and O–H groups in total. The molecule has 0 amide bonds. The lowest BCUT2D eigenvalue weighted by molar-refractivity contribution is -0.0180. The molecule has 0 radical (unpaired) electrons. The van der Waals surface area contributed by atoms with Gasteiger partial charge in [-0.25, -0.2) is 0 Å². The summed E-state index contributed by atoms with van der Waals surface area (Å²) >= 11 is 0. The summed E-state index contributed by atoms with van der Waals surface area (Å²) in [5.74, 6) is 8.82. The highest BCUT2D eigenvalue weighted by Crippen LogP contribution is 2.58. The molecule has 8 atom stereocenters. The molecule has 18 heavy (non-hydrogen) atoms. The van der Waals surface area contributed by atoms with Gasteiger partial charge in [0.2, 0.25) is 0 Å². The lowest BCUT2D eigenvalue weighted by Gasteiger charge is -2.50. The molecule has 0 aliphatic heterocycles. The molecule has 0 heterocycles. The van der Waals surface area contributed by atoms with E-state index in [2.05, 4.69) is 48.5 Å². The van der Waals surface area contributed by atoms with E-state index in [1.807, 2.05) is 0 Å². The van der Waals surface area contributed by atoms with E-state index < -0.39 is 0 Å². The summed E-state index contributed by atoms with van der Waals surface area (Å²) in [6.45, 7) is 17.3. The molecule has 0 heteroatoms. The molecule has 2 rings (SSSR count). The van der Waals surface area contributed by atoms with Crippen molar-refractivity contribution in [3.63, 3.8) is 0 Å². The summed E-state index contributed by atoms with van der Waals surface area (Å²) in [7, 11) is 0. The van der Waals surface area contributed by atoms with Crippen LogP contribution in [-0.4, -0.2) is 0 Å². The van der Waals surface area contributed by atoms with Crippen LogP contribution in [0.1, 0.15) is 61.3 Å². The first-order valence-corrected chi connectivity index (χ1v) is 8.40. The molecule has 8 unspecified atom stereocenters. The summed E-state index contributed by atoms with van der Waals surface area (Å²) in [6, 6.07) is 0. The van der Waals surface area contributed by atoms with E-state index in [0.717, 1.165) is 53.3 Å². The van der Waals surface area contributed by atoms with Crippen LogP contribution in [0.4, 0.5) is 0 Å². The molecule has 2 aliphatic rings. The van der Waals surface area contributed by atoms with Gasteiger partial charge in [-0.1, -0.05) is 54.9 Å². The van der Waals surface area contributed by atoms with E-state index in [0.29, 0.717) is 0 Å². The average Bonchev–Trinajstić information content (AvgIpc) is 2.94. The number of hydrogen-bond acceptors (Lipinski definition) is 0. The van der Waals surface area contributed by atoms with Crippen LogP contribution in [0.15, 0.2) is 0 Å². The first-order chi connectivity index (χ1) is 8.40. The SMILES string of the molecule is CCC1C(C)C1C(C)C(C)C1C(C)CC1C(C)C. The highest BCUT2D eigenvalue weighted by Gasteiger charge is 2.52. The molecule has 0 bridgehead atoms. The van der Waals surface area contributed by atoms with Crippen molar-refractivity contribution in [1.29, 1.82) is 0 Å². The van der Waals surface area contributed by atoms with Gasteiger partial charge < -0.3 is 0 Å². The maximum Gasteiger partial charge on any atom is -0.0326 e. The van der Waals surface area contributed by atoms with Crippen LogP contribution in [-0.2, 0) is 0 Å². The lowest BCUT2D eigenvalue weighted by atomic mass is 9.55. The topological polar surface area (TPSA) is 0 Å². The lowest BCUT2D eigenvalue weighted by Crippen LogP contribution is -2.44. The van der Waals surface area contributed by atoms with Crippen LogP contribution in [0.3, 0.4) is 0 Å². The van der Waals surface area contributed by atoms with Crippen LogP contribution in [0, 0.1) is 53.3 Å². The van der Waals surface area contributed by atoms with Gasteiger partial charge in [-0.2, -0.15) is 0 Å². The fourth-order valence-electron chi connectivity index (χ4n) is 5.39. The Morgan fingerprint density at radius 1 is 0.944 bits per heavy atom. The van der Waals surface area contributed by atoms with E-state index in [1.165, 1.54) is 12.8 Å². The third-order valence-corrected chi connectivity index (χ3v) is 6.80. The van der Waals surface area contributed by atoms with E-state index >= 15 is 0 Å². The molecule has 0 saturated heterocycles. The third-order valence-electron chi connectivity index (χ3n) is 6.80. The Balaban J connectivity index is 1.96. The zero-order valence-corrected chi connectivity index (χ0v) is 13.6. The van der Waals surface area contributed by atoms with Gasteiger partial charge in [0.05, 0.1) is 0 Å². The van der Waals surface area contributed by atoms with Gasteiger partial charge in [0, 0.05) is 0 Å². The highest BCUT2D eigenvalue weighted by molar-refractivity contribution is 5.00. The predicted octanol–water partition coefficient (Wildman–Crippen LogP) is 5.48. The van der Waals surface area contributed by atoms with Crippen molar-refractivity contribution in [2.45, 2.75) is 61.3 Å². The van der Waals surface area contributed by atoms with Crippen LogP contribution in [0.5, 0.6) is 0 Å². The van der Waals surface area contributed by atoms with Crippen molar-refractivity contribution >= 4 is 0 Å². The molecule has 0 spiro atoms. The molecular weight excluding hydrogens is 216 g/mol. The second-order valence-electron chi connectivity index (χ2n) is 7.93. The minimum absolute atomic E-state index is 0.888. The van der Waals surface area contributed by atoms with Crippen LogP contribution < -0.4 is 0 Å². The summed E-state index contributed by atoms with van der Waals surface area (Å²) in [5, 5.41) is 0. The quantitative estimate of drug-likeness (QED) is 0.606. The van der Waals surface area contributed by atoms with Crippen LogP contribution in [0.2, 0.25) is 0 Å². The largest absolute Gasteiger partial charge is 0.0651 e. The Morgan fingerprint density at radius 2 is 1.50 bits per heavy atom. The normalized spacial score (nSPS) is 46.7. The molecular formula is C18H34. The van der Waals surface area contributed by atoms with E-state index in [1.54, 1.807) is 0 Å². The zero-order chi connectivity index (χ0) is 13.6. The van der Waals surface area contributed by atoms with Gasteiger partial charge in [0.25, 0.3) is 0 Å². The van der Waals surface area contributed by atoms with Crippen molar-refractivity contribution in [2.24, 2.45) is 53.3 Å². The highest BCUT2D eigenvalue weighted by atomic mass is 14.6. The van der Waals surface area contributed by atoms with Crippen molar-refractivity contribution in [2.75, 3.05) is 0 Å². The van der Waals surface area contributed by atoms with E-state index in [4.69, 9.17) is 0 Å². The first kappa shape index (κ1) is 14.4. The van der Waals surface area contributed by atoms with Crippen LogP contribution in [0.25, 0.3) is 0 Å². The minimum atomic E-state index is 0.888. The smallest absolute Gasteiger partial charge is 0.0326 e. The Morgan fingerprint density at radius 3 is 1.89 bits per heavy atom. The Bertz CT molecular complexity index is 280. The van der Waals surface area contributed by atoms with Crippen molar-refractivity contribution in [3.8, 4) is 0 Å². The molecule has 0 aromatic heterocycles. The maximum absolute atomic E-state index is 2.55. The van der Waals surface area contributed by atoms with Crippen molar-refractivity contribution < 1.29 is 0 Å². The minimum Gasteiger partial charge on any atom is -0.0651 e. The van der Waals surface area contributed by atoms with Gasteiger partial charge in [0.15, 0.2) is 0 Å². The van der Waals surface area contributed by atoms with Gasteiger partial charge in [-0.3, -0.25) is 0 Å². The summed E-state index contributed by atoms with van der Waals surface area (Å²) in [4.78, 5) is 0. The Labute approximate surface area is 115 Å². The second-order valence-corrected chi connectivity index (χ2v) is 7.93. The standard InChI is InChI=1S/C18H34/c1-8-15-14(7)18(15)13(6)12(5)17-11(4)9-16(17)10(2)3/h10-18H,8-9H2,1-7H3. The van der Waals surface area contributed by atoms with Crippen molar-refractivity contribution in [1.82, 2.24) is 0 Å². The predicted molar refractivity (Wildman–Crippen MR) is 80.4 cm³/mol. The van der Waals surface area contributed by atoms with Gasteiger partial charge in [-0.05, 0) is 59.7 Å². The van der Waals surface area contributed by atoms with Gasteiger partial charge in [0.1, 0.15) is 0 Å². The molecule has 0 aromatic rings. The number of hydrogen-bond donors (Lipinski definition) is 0. The molecule has 2 aliphatic carbocycles.